The van der Waals surface area contributed by atoms with Crippen LogP contribution in [-0.4, -0.2) is 36.1 Å². The molecule has 1 saturated heterocycles. The molecule has 102 valence electrons. The lowest BCUT2D eigenvalue weighted by atomic mass is 10.2. The number of nitrogens with zero attached hydrogens (tertiary/aromatic N) is 2. The third kappa shape index (κ3) is 2.90. The van der Waals surface area contributed by atoms with Crippen molar-refractivity contribution < 1.29 is 14.3 Å². The van der Waals surface area contributed by atoms with E-state index in [4.69, 9.17) is 10.5 Å². The zero-order valence-electron chi connectivity index (χ0n) is 11.0. The first-order valence-electron chi connectivity index (χ1n) is 6.18. The predicted octanol–water partition coefficient (Wildman–Crippen LogP) is 0.711. The number of aromatic nitrogens is 1. The largest absolute Gasteiger partial charge is 0.365 e. The van der Waals surface area contributed by atoms with E-state index >= 15 is 0 Å². The molecule has 19 heavy (non-hydrogen) atoms. The summed E-state index contributed by atoms with van der Waals surface area (Å²) in [6.07, 6.45) is 2.76. The minimum Gasteiger partial charge on any atom is -0.365 e. The topological polar surface area (TPSA) is 85.5 Å². The molecular formula is C13H17N3O3. The molecule has 1 aliphatic heterocycles. The molecule has 1 aromatic heterocycles. The molecule has 1 aliphatic rings. The van der Waals surface area contributed by atoms with Gasteiger partial charge in [-0.05, 0) is 31.9 Å². The maximum absolute atomic E-state index is 12.2. The van der Waals surface area contributed by atoms with E-state index in [0.717, 1.165) is 12.8 Å². The van der Waals surface area contributed by atoms with Crippen LogP contribution in [-0.2, 0) is 9.53 Å². The molecule has 0 saturated carbocycles. The van der Waals surface area contributed by atoms with Gasteiger partial charge in [0.05, 0.1) is 6.10 Å². The van der Waals surface area contributed by atoms with E-state index in [1.807, 2.05) is 6.92 Å². The maximum Gasteiger partial charge on any atom is 0.267 e. The van der Waals surface area contributed by atoms with Crippen molar-refractivity contribution in [1.29, 1.82) is 0 Å². The lowest BCUT2D eigenvalue weighted by Crippen LogP contribution is -2.36. The normalized spacial score (nSPS) is 22.2. The van der Waals surface area contributed by atoms with Gasteiger partial charge in [0.15, 0.2) is 0 Å². The Labute approximate surface area is 111 Å². The number of nitrogens with two attached hydrogens (primary N) is 1. The van der Waals surface area contributed by atoms with Gasteiger partial charge in [-0.3, -0.25) is 14.6 Å². The summed E-state index contributed by atoms with van der Waals surface area (Å²) in [5, 5.41) is 0. The Morgan fingerprint density at radius 2 is 2.21 bits per heavy atom. The fraction of sp³-hybridized carbons (Fsp3) is 0.462. The molecule has 1 aromatic rings. The van der Waals surface area contributed by atoms with Crippen molar-refractivity contribution >= 4 is 17.5 Å². The summed E-state index contributed by atoms with van der Waals surface area (Å²) in [6, 6.07) is 3.15. The van der Waals surface area contributed by atoms with Crippen LogP contribution in [0.2, 0.25) is 0 Å². The second kappa shape index (κ2) is 5.36. The van der Waals surface area contributed by atoms with Crippen LogP contribution in [0.1, 0.15) is 30.3 Å². The first-order chi connectivity index (χ1) is 8.99. The number of carbonyl (C=O) groups is 2. The van der Waals surface area contributed by atoms with E-state index in [1.54, 1.807) is 13.1 Å². The number of pyridine rings is 1. The highest BCUT2D eigenvalue weighted by Gasteiger charge is 2.30. The van der Waals surface area contributed by atoms with Gasteiger partial charge in [-0.25, -0.2) is 0 Å². The van der Waals surface area contributed by atoms with Gasteiger partial charge in [-0.1, -0.05) is 0 Å². The lowest BCUT2D eigenvalue weighted by Gasteiger charge is -2.21. The number of anilines is 1. The molecule has 1 unspecified atom stereocenters. The molecule has 0 spiro atoms. The van der Waals surface area contributed by atoms with Gasteiger partial charge in [0, 0.05) is 18.9 Å². The molecule has 2 amide bonds. The van der Waals surface area contributed by atoms with E-state index in [1.165, 1.54) is 17.2 Å². The van der Waals surface area contributed by atoms with Crippen molar-refractivity contribution in [3.05, 3.63) is 24.0 Å². The standard InChI is InChI=1S/C13H17N3O3/c1-8-3-4-11(19-8)13(18)16(2)9-5-6-15-10(7-9)12(14)17/h5-8,11H,3-4H2,1-2H3,(H2,14,17)/t8?,11-/m1/s1. The average Bonchev–Trinajstić information content (AvgIpc) is 2.84. The molecule has 0 aliphatic carbocycles. The summed E-state index contributed by atoms with van der Waals surface area (Å²) in [7, 11) is 1.65. The number of rotatable bonds is 3. The van der Waals surface area contributed by atoms with E-state index in [9.17, 15) is 9.59 Å². The minimum absolute atomic E-state index is 0.112. The van der Waals surface area contributed by atoms with Crippen LogP contribution in [0.3, 0.4) is 0 Å². The zero-order chi connectivity index (χ0) is 14.0. The van der Waals surface area contributed by atoms with Gasteiger partial charge in [-0.15, -0.1) is 0 Å². The van der Waals surface area contributed by atoms with Gasteiger partial charge >= 0.3 is 0 Å². The first-order valence-corrected chi connectivity index (χ1v) is 6.18. The summed E-state index contributed by atoms with van der Waals surface area (Å²) >= 11 is 0. The second-order valence-corrected chi connectivity index (χ2v) is 4.67. The molecule has 1 fully saturated rings. The van der Waals surface area contributed by atoms with Gasteiger partial charge < -0.3 is 15.4 Å². The minimum atomic E-state index is -0.617. The van der Waals surface area contributed by atoms with Gasteiger partial charge in [0.1, 0.15) is 11.8 Å². The van der Waals surface area contributed by atoms with Crippen LogP contribution < -0.4 is 10.6 Å². The number of ether oxygens (including phenoxy) is 1. The summed E-state index contributed by atoms with van der Waals surface area (Å²) in [5.74, 6) is -0.737. The van der Waals surface area contributed by atoms with E-state index in [0.29, 0.717) is 5.69 Å². The second-order valence-electron chi connectivity index (χ2n) is 4.67. The summed E-state index contributed by atoms with van der Waals surface area (Å²) in [6.45, 7) is 1.95. The third-order valence-corrected chi connectivity index (χ3v) is 3.22. The SMILES string of the molecule is CC1CC[C@H](C(=O)N(C)c2ccnc(C(N)=O)c2)O1. The molecule has 0 radical (unpaired) electrons. The van der Waals surface area contributed by atoms with Crippen molar-refractivity contribution in [2.45, 2.75) is 32.0 Å². The van der Waals surface area contributed by atoms with Crippen LogP contribution in [0.25, 0.3) is 0 Å². The number of carbonyl (C=O) groups excluding carboxylic acids is 2. The van der Waals surface area contributed by atoms with E-state index in [2.05, 4.69) is 4.98 Å². The van der Waals surface area contributed by atoms with Crippen molar-refractivity contribution in [2.75, 3.05) is 11.9 Å². The third-order valence-electron chi connectivity index (χ3n) is 3.22. The molecule has 2 atom stereocenters. The Hall–Kier alpha value is -1.95. The molecule has 0 bridgehead atoms. The summed E-state index contributed by atoms with van der Waals surface area (Å²) in [5.41, 5.74) is 5.89. The highest BCUT2D eigenvalue weighted by molar-refractivity contribution is 5.98. The van der Waals surface area contributed by atoms with Crippen LogP contribution in [0.15, 0.2) is 18.3 Å². The van der Waals surface area contributed by atoms with Crippen molar-refractivity contribution in [1.82, 2.24) is 4.98 Å². The smallest absolute Gasteiger partial charge is 0.267 e. The molecular weight excluding hydrogens is 246 g/mol. The summed E-state index contributed by atoms with van der Waals surface area (Å²) < 4.78 is 5.54. The Morgan fingerprint density at radius 3 is 2.79 bits per heavy atom. The predicted molar refractivity (Wildman–Crippen MR) is 69.7 cm³/mol. The molecule has 6 nitrogen and oxygen atoms in total. The molecule has 2 rings (SSSR count). The molecule has 2 N–H and O–H groups in total. The monoisotopic (exact) mass is 263 g/mol. The highest BCUT2D eigenvalue weighted by Crippen LogP contribution is 2.23. The highest BCUT2D eigenvalue weighted by atomic mass is 16.5. The van der Waals surface area contributed by atoms with E-state index in [-0.39, 0.29) is 17.7 Å². The Balaban J connectivity index is 2.14. The molecule has 6 heteroatoms. The van der Waals surface area contributed by atoms with Crippen molar-refractivity contribution in [2.24, 2.45) is 5.73 Å². The van der Waals surface area contributed by atoms with Gasteiger partial charge in [0.25, 0.3) is 11.8 Å². The van der Waals surface area contributed by atoms with Crippen LogP contribution in [0.5, 0.6) is 0 Å². The molecule has 2 heterocycles. The molecule has 0 aromatic carbocycles. The Kier molecular flexibility index (Phi) is 3.80. The number of hydrogen-bond acceptors (Lipinski definition) is 4. The number of hydrogen-bond donors (Lipinski definition) is 1. The van der Waals surface area contributed by atoms with Crippen LogP contribution >= 0.6 is 0 Å². The fourth-order valence-electron chi connectivity index (χ4n) is 2.09. The van der Waals surface area contributed by atoms with Crippen LogP contribution in [0.4, 0.5) is 5.69 Å². The first kappa shape index (κ1) is 13.5. The van der Waals surface area contributed by atoms with Crippen molar-refractivity contribution in [3.8, 4) is 0 Å². The summed E-state index contributed by atoms with van der Waals surface area (Å²) in [4.78, 5) is 28.6. The maximum atomic E-state index is 12.2. The number of amides is 2. The van der Waals surface area contributed by atoms with Crippen molar-refractivity contribution in [3.63, 3.8) is 0 Å². The van der Waals surface area contributed by atoms with E-state index < -0.39 is 12.0 Å². The zero-order valence-corrected chi connectivity index (χ0v) is 11.0. The lowest BCUT2D eigenvalue weighted by molar-refractivity contribution is -0.128. The van der Waals surface area contributed by atoms with Gasteiger partial charge in [-0.2, -0.15) is 0 Å². The quantitative estimate of drug-likeness (QED) is 0.870. The number of primary amides is 1. The Bertz CT molecular complexity index is 504. The Morgan fingerprint density at radius 1 is 1.47 bits per heavy atom. The van der Waals surface area contributed by atoms with Crippen LogP contribution in [0, 0.1) is 0 Å². The number of likely N-dealkylation sites (N-methyl/N-ethyl adjacent to an activating group) is 1. The average molecular weight is 263 g/mol. The van der Waals surface area contributed by atoms with Gasteiger partial charge in [0.2, 0.25) is 0 Å². The fourth-order valence-corrected chi connectivity index (χ4v) is 2.09.